The fourth-order valence-electron chi connectivity index (χ4n) is 3.60. The summed E-state index contributed by atoms with van der Waals surface area (Å²) in [6.45, 7) is 3.48. The van der Waals surface area contributed by atoms with Crippen molar-refractivity contribution in [3.8, 4) is 0 Å². The summed E-state index contributed by atoms with van der Waals surface area (Å²) in [5.74, 6) is 0.567. The third-order valence-electron chi connectivity index (χ3n) is 5.29. The lowest BCUT2D eigenvalue weighted by atomic mass is 10.0. The van der Waals surface area contributed by atoms with Crippen LogP contribution in [-0.4, -0.2) is 41.0 Å². The average Bonchev–Trinajstić information content (AvgIpc) is 3.50. The number of pyridine rings is 1. The Kier molecular flexibility index (Phi) is 4.49. The zero-order chi connectivity index (χ0) is 18.1. The van der Waals surface area contributed by atoms with E-state index < -0.39 is 0 Å². The number of urea groups is 1. The van der Waals surface area contributed by atoms with Crippen molar-refractivity contribution in [3.63, 3.8) is 0 Å². The maximum absolute atomic E-state index is 12.4. The number of rotatable bonds is 3. The number of piperidine rings is 1. The number of amides is 3. The molecule has 1 saturated carbocycles. The number of nitrogens with zero attached hydrogens (tertiary/aromatic N) is 2. The molecule has 0 bridgehead atoms. The normalized spacial score (nSPS) is 18.0. The van der Waals surface area contributed by atoms with Gasteiger partial charge < -0.3 is 15.5 Å². The fourth-order valence-corrected chi connectivity index (χ4v) is 3.60. The molecule has 1 aliphatic carbocycles. The molecular formula is C20H24N4O2. The lowest BCUT2D eigenvalue weighted by Gasteiger charge is -2.32. The van der Waals surface area contributed by atoms with E-state index in [9.17, 15) is 9.59 Å². The summed E-state index contributed by atoms with van der Waals surface area (Å²) in [5.41, 5.74) is 2.74. The number of likely N-dealkylation sites (tertiary alicyclic amines) is 1. The predicted octanol–water partition coefficient (Wildman–Crippen LogP) is 3.07. The first-order chi connectivity index (χ1) is 12.6. The second kappa shape index (κ2) is 6.94. The monoisotopic (exact) mass is 352 g/mol. The molecule has 2 fully saturated rings. The molecule has 3 amide bonds. The van der Waals surface area contributed by atoms with Crippen LogP contribution in [0.3, 0.4) is 0 Å². The standard InChI is InChI=1S/C20H24N4O2/c1-13-4-7-17(16-3-2-10-21-18(13)16)23-20(26)22-15-8-11-24(12-9-15)19(25)14-5-6-14/h2-4,7,10,14-15H,5-6,8-9,11-12H2,1H3,(H2,22,23,26). The van der Waals surface area contributed by atoms with Crippen LogP contribution >= 0.6 is 0 Å². The second-order valence-electron chi connectivity index (χ2n) is 7.30. The Morgan fingerprint density at radius 2 is 1.88 bits per heavy atom. The van der Waals surface area contributed by atoms with E-state index in [2.05, 4.69) is 15.6 Å². The van der Waals surface area contributed by atoms with Gasteiger partial charge in [-0.05, 0) is 56.4 Å². The molecule has 0 radical (unpaired) electrons. The quantitative estimate of drug-likeness (QED) is 0.891. The van der Waals surface area contributed by atoms with Crippen LogP contribution in [0.5, 0.6) is 0 Å². The number of hydrogen-bond donors (Lipinski definition) is 2. The summed E-state index contributed by atoms with van der Waals surface area (Å²) in [7, 11) is 0. The van der Waals surface area contributed by atoms with Crippen molar-refractivity contribution in [3.05, 3.63) is 36.0 Å². The topological polar surface area (TPSA) is 74.3 Å². The SMILES string of the molecule is Cc1ccc(NC(=O)NC2CCN(C(=O)C3CC3)CC2)c2cccnc12. The number of aryl methyl sites for hydroxylation is 1. The Morgan fingerprint density at radius 3 is 2.62 bits per heavy atom. The molecule has 2 aromatic rings. The van der Waals surface area contributed by atoms with Gasteiger partial charge in [-0.1, -0.05) is 6.07 Å². The van der Waals surface area contributed by atoms with E-state index in [4.69, 9.17) is 0 Å². The number of hydrogen-bond acceptors (Lipinski definition) is 3. The van der Waals surface area contributed by atoms with E-state index in [0.717, 1.165) is 60.9 Å². The van der Waals surface area contributed by atoms with E-state index in [-0.39, 0.29) is 18.0 Å². The zero-order valence-corrected chi connectivity index (χ0v) is 15.0. The van der Waals surface area contributed by atoms with Gasteiger partial charge in [0.05, 0.1) is 11.2 Å². The molecule has 136 valence electrons. The predicted molar refractivity (Wildman–Crippen MR) is 101 cm³/mol. The lowest BCUT2D eigenvalue weighted by molar-refractivity contribution is -0.133. The van der Waals surface area contributed by atoms with Crippen LogP contribution in [0.4, 0.5) is 10.5 Å². The highest BCUT2D eigenvalue weighted by Gasteiger charge is 2.35. The van der Waals surface area contributed by atoms with Crippen LogP contribution in [0.1, 0.15) is 31.2 Å². The fraction of sp³-hybridized carbons (Fsp3) is 0.450. The number of nitrogens with one attached hydrogen (secondary N) is 2. The van der Waals surface area contributed by atoms with Crippen LogP contribution in [0.15, 0.2) is 30.5 Å². The van der Waals surface area contributed by atoms with Crippen LogP contribution < -0.4 is 10.6 Å². The van der Waals surface area contributed by atoms with E-state index in [1.165, 1.54) is 0 Å². The zero-order valence-electron chi connectivity index (χ0n) is 15.0. The van der Waals surface area contributed by atoms with Gasteiger partial charge in [0, 0.05) is 36.6 Å². The molecule has 2 aliphatic rings. The van der Waals surface area contributed by atoms with Gasteiger partial charge in [0.15, 0.2) is 0 Å². The number of aromatic nitrogens is 1. The molecule has 1 aromatic carbocycles. The van der Waals surface area contributed by atoms with E-state index in [1.807, 2.05) is 36.1 Å². The Hall–Kier alpha value is -2.63. The Labute approximate surface area is 153 Å². The van der Waals surface area contributed by atoms with Gasteiger partial charge in [0.25, 0.3) is 0 Å². The van der Waals surface area contributed by atoms with Gasteiger partial charge in [-0.25, -0.2) is 4.79 Å². The first kappa shape index (κ1) is 16.8. The van der Waals surface area contributed by atoms with Crippen molar-refractivity contribution >= 4 is 28.5 Å². The van der Waals surface area contributed by atoms with Crippen LogP contribution in [-0.2, 0) is 4.79 Å². The highest BCUT2D eigenvalue weighted by atomic mass is 16.2. The molecule has 4 rings (SSSR count). The van der Waals surface area contributed by atoms with E-state index in [1.54, 1.807) is 6.20 Å². The molecule has 26 heavy (non-hydrogen) atoms. The minimum Gasteiger partial charge on any atom is -0.342 e. The van der Waals surface area contributed by atoms with Gasteiger partial charge >= 0.3 is 6.03 Å². The number of benzene rings is 1. The molecule has 0 atom stereocenters. The maximum Gasteiger partial charge on any atom is 0.319 e. The number of carbonyl (C=O) groups is 2. The number of carbonyl (C=O) groups excluding carboxylic acids is 2. The minimum absolute atomic E-state index is 0.105. The van der Waals surface area contributed by atoms with Crippen molar-refractivity contribution < 1.29 is 9.59 Å². The largest absolute Gasteiger partial charge is 0.342 e. The molecule has 1 saturated heterocycles. The Balaban J connectivity index is 1.35. The second-order valence-corrected chi connectivity index (χ2v) is 7.30. The van der Waals surface area contributed by atoms with Gasteiger partial charge in [0.2, 0.25) is 5.91 Å². The van der Waals surface area contributed by atoms with Gasteiger partial charge in [-0.2, -0.15) is 0 Å². The molecule has 1 aromatic heterocycles. The van der Waals surface area contributed by atoms with Crippen LogP contribution in [0, 0.1) is 12.8 Å². The van der Waals surface area contributed by atoms with Crippen LogP contribution in [0.2, 0.25) is 0 Å². The summed E-state index contributed by atoms with van der Waals surface area (Å²) in [4.78, 5) is 30.9. The van der Waals surface area contributed by atoms with Gasteiger partial charge in [0.1, 0.15) is 0 Å². The molecule has 6 heteroatoms. The van der Waals surface area contributed by atoms with Gasteiger partial charge in [-0.3, -0.25) is 9.78 Å². The molecule has 0 spiro atoms. The Bertz CT molecular complexity index is 839. The molecular weight excluding hydrogens is 328 g/mol. The van der Waals surface area contributed by atoms with Crippen molar-refractivity contribution in [1.29, 1.82) is 0 Å². The summed E-state index contributed by atoms with van der Waals surface area (Å²) in [6.07, 6.45) is 5.46. The smallest absolute Gasteiger partial charge is 0.319 e. The van der Waals surface area contributed by atoms with Crippen molar-refractivity contribution in [2.24, 2.45) is 5.92 Å². The first-order valence-corrected chi connectivity index (χ1v) is 9.32. The third kappa shape index (κ3) is 3.49. The molecule has 0 unspecified atom stereocenters. The van der Waals surface area contributed by atoms with Crippen molar-refractivity contribution in [1.82, 2.24) is 15.2 Å². The molecule has 2 N–H and O–H groups in total. The first-order valence-electron chi connectivity index (χ1n) is 9.32. The van der Waals surface area contributed by atoms with Crippen molar-refractivity contribution in [2.75, 3.05) is 18.4 Å². The van der Waals surface area contributed by atoms with Crippen LogP contribution in [0.25, 0.3) is 10.9 Å². The number of anilines is 1. The summed E-state index contributed by atoms with van der Waals surface area (Å²) < 4.78 is 0. The highest BCUT2D eigenvalue weighted by molar-refractivity contribution is 6.01. The van der Waals surface area contributed by atoms with Gasteiger partial charge in [-0.15, -0.1) is 0 Å². The molecule has 2 heterocycles. The molecule has 6 nitrogen and oxygen atoms in total. The summed E-state index contributed by atoms with van der Waals surface area (Å²) in [5, 5.41) is 6.93. The number of fused-ring (bicyclic) bond motifs is 1. The maximum atomic E-state index is 12.4. The minimum atomic E-state index is -0.203. The summed E-state index contributed by atoms with van der Waals surface area (Å²) >= 11 is 0. The van der Waals surface area contributed by atoms with Crippen molar-refractivity contribution in [2.45, 2.75) is 38.6 Å². The lowest BCUT2D eigenvalue weighted by Crippen LogP contribution is -2.47. The third-order valence-corrected chi connectivity index (χ3v) is 5.29. The molecule has 1 aliphatic heterocycles. The van der Waals surface area contributed by atoms with E-state index in [0.29, 0.717) is 5.91 Å². The van der Waals surface area contributed by atoms with E-state index >= 15 is 0 Å². The Morgan fingerprint density at radius 1 is 1.12 bits per heavy atom. The highest BCUT2D eigenvalue weighted by Crippen LogP contribution is 2.32. The average molecular weight is 352 g/mol. The summed E-state index contributed by atoms with van der Waals surface area (Å²) in [6, 6.07) is 7.62.